The van der Waals surface area contributed by atoms with Gasteiger partial charge in [0.25, 0.3) is 10.0 Å². The number of H-pyrrole nitrogens is 1. The Morgan fingerprint density at radius 1 is 0.837 bits per heavy atom. The molecule has 9 N–H and O–H groups in total. The van der Waals surface area contributed by atoms with Crippen LogP contribution in [0, 0.1) is 0 Å². The number of nitrogens with one attached hydrogen (secondary N) is 3. The molecule has 4 aromatic rings. The molecule has 0 bridgehead atoms. The van der Waals surface area contributed by atoms with Crippen molar-refractivity contribution in [2.24, 2.45) is 0 Å². The number of hydrogen-bond donors (Lipinski definition) is 5. The summed E-state index contributed by atoms with van der Waals surface area (Å²) < 4.78 is 28.7. The van der Waals surface area contributed by atoms with Gasteiger partial charge in [0.05, 0.1) is 22.3 Å². The SMILES string of the molecule is CC(=O)N1CCN(c2nc(Nc3ccc(S(=O)(=O)Nc4ccc5cn[nH]c5c4)cc3)nc(N3CCCCC3)n2)CC1.N.N.[HH].[HH]. The number of carbonyl (C=O) groups excluding carboxylic acids is 1. The number of carbonyl (C=O) groups is 1. The van der Waals surface area contributed by atoms with E-state index < -0.39 is 10.0 Å². The summed E-state index contributed by atoms with van der Waals surface area (Å²) in [6, 6.07) is 11.6. The molecule has 0 radical (unpaired) electrons. The Balaban J connectivity index is 0.00000176. The molecule has 43 heavy (non-hydrogen) atoms. The molecular formula is C27H42N12O3S. The third kappa shape index (κ3) is 7.10. The second-order valence-electron chi connectivity index (χ2n) is 10.2. The average molecular weight is 615 g/mol. The predicted octanol–water partition coefficient (Wildman–Crippen LogP) is 3.77. The minimum Gasteiger partial charge on any atom is -0.344 e. The number of anilines is 5. The van der Waals surface area contributed by atoms with Gasteiger partial charge in [-0.05, 0) is 61.7 Å². The summed E-state index contributed by atoms with van der Waals surface area (Å²) in [7, 11) is -3.80. The van der Waals surface area contributed by atoms with E-state index in [9.17, 15) is 13.2 Å². The highest BCUT2D eigenvalue weighted by Gasteiger charge is 2.24. The zero-order valence-electron chi connectivity index (χ0n) is 24.2. The Morgan fingerprint density at radius 2 is 1.47 bits per heavy atom. The Bertz CT molecular complexity index is 1660. The number of amides is 1. The first-order valence-electron chi connectivity index (χ1n) is 13.7. The van der Waals surface area contributed by atoms with Crippen LogP contribution in [0.2, 0.25) is 0 Å². The number of aromatic amines is 1. The van der Waals surface area contributed by atoms with Crippen LogP contribution in [-0.2, 0) is 14.8 Å². The number of aromatic nitrogens is 5. The zero-order valence-corrected chi connectivity index (χ0v) is 25.0. The average Bonchev–Trinajstić information content (AvgIpc) is 3.46. The number of fused-ring (bicyclic) bond motifs is 1. The van der Waals surface area contributed by atoms with Gasteiger partial charge in [-0.1, -0.05) is 0 Å². The molecule has 16 heteroatoms. The zero-order chi connectivity index (χ0) is 28.4. The first kappa shape index (κ1) is 31.4. The highest BCUT2D eigenvalue weighted by atomic mass is 32.2. The maximum atomic E-state index is 13.0. The number of piperazine rings is 1. The number of sulfonamides is 1. The molecular weight excluding hydrogens is 572 g/mol. The van der Waals surface area contributed by atoms with Crippen LogP contribution in [0.5, 0.6) is 0 Å². The molecule has 0 aliphatic carbocycles. The van der Waals surface area contributed by atoms with Gasteiger partial charge < -0.3 is 32.3 Å². The van der Waals surface area contributed by atoms with Crippen LogP contribution in [0.25, 0.3) is 10.9 Å². The lowest BCUT2D eigenvalue weighted by Crippen LogP contribution is -2.48. The fraction of sp³-hybridized carbons (Fsp3) is 0.370. The van der Waals surface area contributed by atoms with Crippen molar-refractivity contribution in [2.45, 2.75) is 31.1 Å². The van der Waals surface area contributed by atoms with E-state index >= 15 is 0 Å². The minimum absolute atomic E-state index is 0. The highest BCUT2D eigenvalue weighted by Crippen LogP contribution is 2.25. The van der Waals surface area contributed by atoms with E-state index in [0.717, 1.165) is 36.8 Å². The van der Waals surface area contributed by atoms with E-state index in [0.29, 0.717) is 55.4 Å². The first-order chi connectivity index (χ1) is 19.8. The second-order valence-corrected chi connectivity index (χ2v) is 11.9. The lowest BCUT2D eigenvalue weighted by Gasteiger charge is -2.35. The Morgan fingerprint density at radius 3 is 2.12 bits per heavy atom. The van der Waals surface area contributed by atoms with Crippen molar-refractivity contribution >= 4 is 56.1 Å². The van der Waals surface area contributed by atoms with Crippen LogP contribution in [0.3, 0.4) is 0 Å². The Kier molecular flexibility index (Phi) is 9.63. The van der Waals surface area contributed by atoms with Gasteiger partial charge in [0, 0.05) is 60.1 Å². The molecule has 2 aromatic carbocycles. The molecule has 234 valence electrons. The van der Waals surface area contributed by atoms with E-state index in [1.165, 1.54) is 18.6 Å². The third-order valence-corrected chi connectivity index (χ3v) is 8.77. The molecule has 2 aliphatic rings. The van der Waals surface area contributed by atoms with Crippen molar-refractivity contribution in [3.05, 3.63) is 48.7 Å². The smallest absolute Gasteiger partial charge is 0.261 e. The monoisotopic (exact) mass is 614 g/mol. The van der Waals surface area contributed by atoms with Gasteiger partial charge in [-0.15, -0.1) is 0 Å². The topological polar surface area (TPSA) is 222 Å². The van der Waals surface area contributed by atoms with Crippen LogP contribution < -0.4 is 32.1 Å². The lowest BCUT2D eigenvalue weighted by molar-refractivity contribution is -0.129. The second kappa shape index (κ2) is 13.2. The predicted molar refractivity (Wildman–Crippen MR) is 171 cm³/mol. The molecule has 15 nitrogen and oxygen atoms in total. The van der Waals surface area contributed by atoms with Crippen LogP contribution in [-0.4, -0.2) is 83.6 Å². The number of piperidine rings is 1. The summed E-state index contributed by atoms with van der Waals surface area (Å²) in [4.78, 5) is 32.1. The van der Waals surface area contributed by atoms with Gasteiger partial charge in [0.2, 0.25) is 23.8 Å². The molecule has 4 heterocycles. The van der Waals surface area contributed by atoms with Gasteiger partial charge >= 0.3 is 0 Å². The van der Waals surface area contributed by atoms with Crippen LogP contribution >= 0.6 is 0 Å². The van der Waals surface area contributed by atoms with Crippen molar-refractivity contribution in [1.29, 1.82) is 0 Å². The molecule has 1 amide bonds. The van der Waals surface area contributed by atoms with Gasteiger partial charge in [-0.2, -0.15) is 20.1 Å². The molecule has 6 rings (SSSR count). The molecule has 2 fully saturated rings. The van der Waals surface area contributed by atoms with Crippen molar-refractivity contribution in [2.75, 3.05) is 59.1 Å². The summed E-state index contributed by atoms with van der Waals surface area (Å²) in [6.07, 6.45) is 5.04. The molecule has 2 aliphatic heterocycles. The number of rotatable bonds is 7. The highest BCUT2D eigenvalue weighted by molar-refractivity contribution is 7.92. The fourth-order valence-electron chi connectivity index (χ4n) is 5.07. The van der Waals surface area contributed by atoms with Crippen molar-refractivity contribution in [1.82, 2.24) is 42.4 Å². The van der Waals surface area contributed by atoms with Gasteiger partial charge in [-0.25, -0.2) is 8.42 Å². The van der Waals surface area contributed by atoms with Crippen LogP contribution in [0.4, 0.5) is 29.2 Å². The molecule has 0 atom stereocenters. The van der Waals surface area contributed by atoms with Gasteiger partial charge in [0.1, 0.15) is 0 Å². The van der Waals surface area contributed by atoms with Gasteiger partial charge in [-0.3, -0.25) is 14.6 Å². The fourth-order valence-corrected chi connectivity index (χ4v) is 6.12. The van der Waals surface area contributed by atoms with Crippen molar-refractivity contribution in [3.63, 3.8) is 0 Å². The number of nitrogens with zero attached hydrogens (tertiary/aromatic N) is 7. The van der Waals surface area contributed by atoms with E-state index in [2.05, 4.69) is 35.0 Å². The summed E-state index contributed by atoms with van der Waals surface area (Å²) in [5, 5.41) is 10.9. The largest absolute Gasteiger partial charge is 0.344 e. The quantitative estimate of drug-likeness (QED) is 0.201. The van der Waals surface area contributed by atoms with Crippen molar-refractivity contribution in [3.8, 4) is 0 Å². The molecule has 0 saturated carbocycles. The lowest BCUT2D eigenvalue weighted by atomic mass is 10.1. The summed E-state index contributed by atoms with van der Waals surface area (Å²) >= 11 is 0. The summed E-state index contributed by atoms with van der Waals surface area (Å²) in [5.74, 6) is 1.62. The standard InChI is InChI=1S/C27H32N10O3S.2H3N.2H2/c1-19(38)35-13-15-37(16-14-35)27-31-25(30-26(32-27)36-11-3-2-4-12-36)29-21-7-9-23(10-8-21)41(39,40)34-22-6-5-20-18-28-33-24(20)17-22;;;;/h5-10,17-18,34H,2-4,11-16H2,1H3,(H,28,33)(H,29,30,31,32);2*1H3;2*1H. The van der Waals surface area contributed by atoms with Gasteiger partial charge in [0.15, 0.2) is 0 Å². The van der Waals surface area contributed by atoms with Crippen LogP contribution in [0.15, 0.2) is 53.6 Å². The normalized spacial score (nSPS) is 15.4. The number of hydrogen-bond acceptors (Lipinski definition) is 12. The van der Waals surface area contributed by atoms with E-state index in [1.54, 1.807) is 43.5 Å². The molecule has 2 saturated heterocycles. The van der Waals surface area contributed by atoms with Crippen LogP contribution in [0.1, 0.15) is 29.0 Å². The maximum absolute atomic E-state index is 13.0. The summed E-state index contributed by atoms with van der Waals surface area (Å²) in [5.41, 5.74) is 1.83. The Labute approximate surface area is 253 Å². The maximum Gasteiger partial charge on any atom is 0.261 e. The minimum atomic E-state index is -3.80. The molecule has 0 unspecified atom stereocenters. The number of benzene rings is 2. The third-order valence-electron chi connectivity index (χ3n) is 7.37. The Hall–Kier alpha value is -4.54. The van der Waals surface area contributed by atoms with E-state index in [4.69, 9.17) is 9.97 Å². The van der Waals surface area contributed by atoms with E-state index in [1.807, 2.05) is 4.90 Å². The summed E-state index contributed by atoms with van der Waals surface area (Å²) in [6.45, 7) is 5.85. The first-order valence-corrected chi connectivity index (χ1v) is 15.2. The molecule has 0 spiro atoms. The molecule has 2 aromatic heterocycles. The van der Waals surface area contributed by atoms with Crippen molar-refractivity contribution < 1.29 is 16.1 Å². The van der Waals surface area contributed by atoms with E-state index in [-0.39, 0.29) is 26.0 Å².